The van der Waals surface area contributed by atoms with E-state index in [2.05, 4.69) is 0 Å². The van der Waals surface area contributed by atoms with Crippen molar-refractivity contribution in [1.29, 1.82) is 0 Å². The molecule has 2 aromatic rings. The predicted molar refractivity (Wildman–Crippen MR) is 62.7 cm³/mol. The minimum atomic E-state index is -4.37. The molecule has 1 aromatic carbocycles. The van der Waals surface area contributed by atoms with Gasteiger partial charge >= 0.3 is 6.18 Å². The zero-order valence-electron chi connectivity index (χ0n) is 9.95. The summed E-state index contributed by atoms with van der Waals surface area (Å²) in [5.41, 5.74) is 0.141. The number of carbonyl (C=O) groups is 1. The minimum Gasteiger partial charge on any atom is -0.344 e. The third-order valence-electron chi connectivity index (χ3n) is 2.88. The van der Waals surface area contributed by atoms with Crippen LogP contribution in [0.4, 0.5) is 13.2 Å². The lowest BCUT2D eigenvalue weighted by molar-refractivity contribution is -0.137. The zero-order valence-corrected chi connectivity index (χ0v) is 9.95. The summed E-state index contributed by atoms with van der Waals surface area (Å²) in [6, 6.07) is 3.42. The van der Waals surface area contributed by atoms with Gasteiger partial charge in [0.15, 0.2) is 6.29 Å². The van der Waals surface area contributed by atoms with Crippen LogP contribution >= 0.6 is 0 Å². The molecular formula is C13H12F3NO. The van der Waals surface area contributed by atoms with Crippen LogP contribution in [0, 0.1) is 0 Å². The second kappa shape index (κ2) is 4.15. The zero-order chi connectivity index (χ0) is 13.5. The molecule has 0 aliphatic carbocycles. The van der Waals surface area contributed by atoms with Crippen molar-refractivity contribution in [3.05, 3.63) is 35.5 Å². The van der Waals surface area contributed by atoms with Crippen molar-refractivity contribution in [2.75, 3.05) is 0 Å². The van der Waals surface area contributed by atoms with Gasteiger partial charge in [-0.05, 0) is 26.0 Å². The van der Waals surface area contributed by atoms with E-state index in [0.29, 0.717) is 22.8 Å². The van der Waals surface area contributed by atoms with E-state index >= 15 is 0 Å². The SMILES string of the molecule is CC(C)n1cc(C=O)c2ccc(C(F)(F)F)cc21. The van der Waals surface area contributed by atoms with Gasteiger partial charge in [-0.1, -0.05) is 6.07 Å². The highest BCUT2D eigenvalue weighted by Crippen LogP contribution is 2.33. The number of alkyl halides is 3. The smallest absolute Gasteiger partial charge is 0.344 e. The van der Waals surface area contributed by atoms with Crippen molar-refractivity contribution in [1.82, 2.24) is 4.57 Å². The Morgan fingerprint density at radius 3 is 2.44 bits per heavy atom. The first-order valence-electron chi connectivity index (χ1n) is 5.51. The summed E-state index contributed by atoms with van der Waals surface area (Å²) in [5.74, 6) is 0. The van der Waals surface area contributed by atoms with Gasteiger partial charge in [-0.3, -0.25) is 4.79 Å². The maximum atomic E-state index is 12.7. The van der Waals surface area contributed by atoms with E-state index in [1.807, 2.05) is 13.8 Å². The first-order chi connectivity index (χ1) is 8.34. The molecular weight excluding hydrogens is 243 g/mol. The molecule has 0 radical (unpaired) electrons. The summed E-state index contributed by atoms with van der Waals surface area (Å²) in [5, 5.41) is 0.548. The molecule has 2 nitrogen and oxygen atoms in total. The van der Waals surface area contributed by atoms with Crippen LogP contribution in [0.2, 0.25) is 0 Å². The molecule has 1 aromatic heterocycles. The van der Waals surface area contributed by atoms with Gasteiger partial charge in [0.1, 0.15) is 0 Å². The average molecular weight is 255 g/mol. The highest BCUT2D eigenvalue weighted by atomic mass is 19.4. The topological polar surface area (TPSA) is 22.0 Å². The van der Waals surface area contributed by atoms with Gasteiger partial charge in [0.05, 0.1) is 5.56 Å². The van der Waals surface area contributed by atoms with Crippen molar-refractivity contribution in [3.8, 4) is 0 Å². The van der Waals surface area contributed by atoms with Gasteiger partial charge in [-0.15, -0.1) is 0 Å². The van der Waals surface area contributed by atoms with Crippen LogP contribution in [-0.4, -0.2) is 10.9 Å². The molecule has 0 spiro atoms. The Morgan fingerprint density at radius 1 is 1.28 bits per heavy atom. The summed E-state index contributed by atoms with van der Waals surface area (Å²) in [6.07, 6.45) is -2.13. The summed E-state index contributed by atoms with van der Waals surface area (Å²) in [6.45, 7) is 3.71. The van der Waals surface area contributed by atoms with Crippen molar-refractivity contribution >= 4 is 17.2 Å². The molecule has 0 unspecified atom stereocenters. The number of nitrogens with zero attached hydrogens (tertiary/aromatic N) is 1. The van der Waals surface area contributed by atoms with Crippen molar-refractivity contribution < 1.29 is 18.0 Å². The van der Waals surface area contributed by atoms with Crippen LogP contribution in [0.15, 0.2) is 24.4 Å². The van der Waals surface area contributed by atoms with E-state index in [1.165, 1.54) is 6.07 Å². The van der Waals surface area contributed by atoms with Crippen LogP contribution in [0.25, 0.3) is 10.9 Å². The van der Waals surface area contributed by atoms with Crippen molar-refractivity contribution in [2.24, 2.45) is 0 Å². The summed E-state index contributed by atoms with van der Waals surface area (Å²) >= 11 is 0. The van der Waals surface area contributed by atoms with Crippen molar-refractivity contribution in [2.45, 2.75) is 26.1 Å². The first kappa shape index (κ1) is 12.7. The molecule has 0 aliphatic rings. The number of aromatic nitrogens is 1. The molecule has 0 amide bonds. The molecule has 96 valence electrons. The average Bonchev–Trinajstić information content (AvgIpc) is 2.65. The molecule has 1 heterocycles. The van der Waals surface area contributed by atoms with Crippen LogP contribution in [0.5, 0.6) is 0 Å². The number of fused-ring (bicyclic) bond motifs is 1. The molecule has 0 fully saturated rings. The molecule has 0 saturated heterocycles. The fourth-order valence-electron chi connectivity index (χ4n) is 1.98. The van der Waals surface area contributed by atoms with Crippen LogP contribution < -0.4 is 0 Å². The second-order valence-corrected chi connectivity index (χ2v) is 4.43. The summed E-state index contributed by atoms with van der Waals surface area (Å²) < 4.78 is 39.7. The van der Waals surface area contributed by atoms with E-state index in [0.717, 1.165) is 12.1 Å². The quantitative estimate of drug-likeness (QED) is 0.742. The molecule has 0 saturated carbocycles. The normalized spacial score (nSPS) is 12.3. The number of hydrogen-bond donors (Lipinski definition) is 0. The monoisotopic (exact) mass is 255 g/mol. The van der Waals surface area contributed by atoms with Crippen molar-refractivity contribution in [3.63, 3.8) is 0 Å². The minimum absolute atomic E-state index is 0.00955. The summed E-state index contributed by atoms with van der Waals surface area (Å²) in [7, 11) is 0. The Bertz CT molecular complexity index is 596. The lowest BCUT2D eigenvalue weighted by atomic mass is 10.1. The largest absolute Gasteiger partial charge is 0.416 e. The lowest BCUT2D eigenvalue weighted by Crippen LogP contribution is -2.05. The third-order valence-corrected chi connectivity index (χ3v) is 2.88. The lowest BCUT2D eigenvalue weighted by Gasteiger charge is -2.11. The van der Waals surface area contributed by atoms with Gasteiger partial charge in [-0.25, -0.2) is 0 Å². The second-order valence-electron chi connectivity index (χ2n) is 4.43. The van der Waals surface area contributed by atoms with Gasteiger partial charge in [0.2, 0.25) is 0 Å². The number of carbonyl (C=O) groups excluding carboxylic acids is 1. The fraction of sp³-hybridized carbons (Fsp3) is 0.308. The van der Waals surface area contributed by atoms with Gasteiger partial charge in [0.25, 0.3) is 0 Å². The molecule has 0 atom stereocenters. The molecule has 0 N–H and O–H groups in total. The Labute approximate surface area is 102 Å². The highest BCUT2D eigenvalue weighted by molar-refractivity contribution is 5.98. The predicted octanol–water partition coefficient (Wildman–Crippen LogP) is 4.05. The van der Waals surface area contributed by atoms with E-state index in [9.17, 15) is 18.0 Å². The number of rotatable bonds is 2. The highest BCUT2D eigenvalue weighted by Gasteiger charge is 2.31. The fourth-order valence-corrected chi connectivity index (χ4v) is 1.98. The molecule has 2 rings (SSSR count). The van der Waals surface area contributed by atoms with E-state index < -0.39 is 11.7 Å². The maximum Gasteiger partial charge on any atom is 0.416 e. The molecule has 0 bridgehead atoms. The molecule has 18 heavy (non-hydrogen) atoms. The van der Waals surface area contributed by atoms with Gasteiger partial charge in [-0.2, -0.15) is 13.2 Å². The van der Waals surface area contributed by atoms with Crippen LogP contribution in [0.1, 0.15) is 35.8 Å². The van der Waals surface area contributed by atoms with Crippen LogP contribution in [-0.2, 0) is 6.18 Å². The van der Waals surface area contributed by atoms with E-state index in [1.54, 1.807) is 10.8 Å². The maximum absolute atomic E-state index is 12.7. The van der Waals surface area contributed by atoms with E-state index in [4.69, 9.17) is 0 Å². The Kier molecular flexibility index (Phi) is 2.92. The Hall–Kier alpha value is -1.78. The van der Waals surface area contributed by atoms with Crippen LogP contribution in [0.3, 0.4) is 0 Å². The Balaban J connectivity index is 2.75. The standard InChI is InChI=1S/C13H12F3NO/c1-8(2)17-6-9(7-18)11-4-3-10(5-12(11)17)13(14,15)16/h3-8H,1-2H3. The van der Waals surface area contributed by atoms with Gasteiger partial charge in [0, 0.05) is 28.7 Å². The summed E-state index contributed by atoms with van der Waals surface area (Å²) in [4.78, 5) is 10.9. The number of aldehydes is 1. The van der Waals surface area contributed by atoms with E-state index in [-0.39, 0.29) is 6.04 Å². The van der Waals surface area contributed by atoms with Gasteiger partial charge < -0.3 is 4.57 Å². The molecule has 0 aliphatic heterocycles. The first-order valence-corrected chi connectivity index (χ1v) is 5.51. The number of hydrogen-bond acceptors (Lipinski definition) is 1. The number of benzene rings is 1. The number of halogens is 3. The Morgan fingerprint density at radius 2 is 1.94 bits per heavy atom. The molecule has 5 heteroatoms. The third kappa shape index (κ3) is 2.00.